The van der Waals surface area contributed by atoms with Crippen LogP contribution in [0.3, 0.4) is 0 Å². The first-order valence-corrected chi connectivity index (χ1v) is 3.69. The van der Waals surface area contributed by atoms with Gasteiger partial charge in [0.15, 0.2) is 0 Å². The number of rotatable bonds is 5. The molecule has 0 bridgehead atoms. The van der Waals surface area contributed by atoms with Crippen molar-refractivity contribution in [1.29, 1.82) is 0 Å². The fourth-order valence-electron chi connectivity index (χ4n) is 0.446. The molecular formula is C6H12ClNO2. The van der Waals surface area contributed by atoms with Gasteiger partial charge in [0.05, 0.1) is 13.2 Å². The number of alkyl halides is 1. The maximum Gasteiger partial charge on any atom is 0.222 e. The van der Waals surface area contributed by atoms with Gasteiger partial charge in [-0.1, -0.05) is 0 Å². The normalized spacial score (nSPS) is 9.40. The highest BCUT2D eigenvalue weighted by atomic mass is 35.5. The monoisotopic (exact) mass is 165 g/mol. The Kier molecular flexibility index (Phi) is 6.64. The third kappa shape index (κ3) is 5.85. The van der Waals surface area contributed by atoms with Crippen molar-refractivity contribution in [2.24, 2.45) is 0 Å². The number of carbonyl (C=O) groups excluding carboxylic acids is 1. The lowest BCUT2D eigenvalue weighted by molar-refractivity contribution is -0.121. The Morgan fingerprint density at radius 3 is 2.80 bits per heavy atom. The van der Waals surface area contributed by atoms with Crippen LogP contribution in [0.25, 0.3) is 0 Å². The summed E-state index contributed by atoms with van der Waals surface area (Å²) in [6.45, 7) is 0.963. The number of amides is 1. The number of hydrogen-bond acceptors (Lipinski definition) is 2. The van der Waals surface area contributed by atoms with Crippen molar-refractivity contribution in [2.75, 3.05) is 26.1 Å². The van der Waals surface area contributed by atoms with Gasteiger partial charge < -0.3 is 10.1 Å². The second-order valence-electron chi connectivity index (χ2n) is 1.72. The summed E-state index contributed by atoms with van der Waals surface area (Å²) in [6, 6.07) is 0. The lowest BCUT2D eigenvalue weighted by Crippen LogP contribution is -2.19. The molecule has 0 aliphatic rings. The van der Waals surface area contributed by atoms with Crippen LogP contribution in [-0.4, -0.2) is 32.0 Å². The third-order valence-corrected chi connectivity index (χ3v) is 1.13. The lowest BCUT2D eigenvalue weighted by Gasteiger charge is -1.99. The van der Waals surface area contributed by atoms with E-state index in [9.17, 15) is 4.79 Å². The molecule has 0 unspecified atom stereocenters. The lowest BCUT2D eigenvalue weighted by atomic mass is 10.4. The van der Waals surface area contributed by atoms with E-state index in [4.69, 9.17) is 16.3 Å². The van der Waals surface area contributed by atoms with Crippen LogP contribution in [-0.2, 0) is 9.53 Å². The van der Waals surface area contributed by atoms with Crippen molar-refractivity contribution in [3.8, 4) is 0 Å². The van der Waals surface area contributed by atoms with Crippen LogP contribution in [0, 0.1) is 0 Å². The average Bonchev–Trinajstić information content (AvgIpc) is 1.98. The molecule has 3 nitrogen and oxygen atoms in total. The Morgan fingerprint density at radius 2 is 2.30 bits per heavy atom. The Labute approximate surface area is 65.7 Å². The van der Waals surface area contributed by atoms with Crippen LogP contribution in [0.15, 0.2) is 0 Å². The van der Waals surface area contributed by atoms with Gasteiger partial charge in [-0.2, -0.15) is 0 Å². The fourth-order valence-corrected chi connectivity index (χ4v) is 0.556. The molecule has 0 radical (unpaired) electrons. The summed E-state index contributed by atoms with van der Waals surface area (Å²) in [5.74, 6) is 0.475. The van der Waals surface area contributed by atoms with Crippen LogP contribution in [0.4, 0.5) is 0 Å². The summed E-state index contributed by atoms with van der Waals surface area (Å²) < 4.78 is 4.96. The molecule has 0 fully saturated rings. The zero-order chi connectivity index (χ0) is 7.82. The quantitative estimate of drug-likeness (QED) is 0.473. The molecule has 0 aliphatic carbocycles. The maximum atomic E-state index is 10.6. The predicted octanol–water partition coefficient (Wildman–Crippen LogP) is 0.378. The van der Waals surface area contributed by atoms with Gasteiger partial charge in [0.2, 0.25) is 5.91 Å². The SMILES string of the molecule is CNC(=O)CCOCCCl. The molecular weight excluding hydrogens is 154 g/mol. The van der Waals surface area contributed by atoms with Gasteiger partial charge in [-0.25, -0.2) is 0 Å². The van der Waals surface area contributed by atoms with Crippen molar-refractivity contribution in [2.45, 2.75) is 6.42 Å². The second kappa shape index (κ2) is 6.83. The highest BCUT2D eigenvalue weighted by Gasteiger charge is 1.95. The molecule has 0 spiro atoms. The van der Waals surface area contributed by atoms with Crippen molar-refractivity contribution in [3.05, 3.63) is 0 Å². The number of nitrogens with one attached hydrogen (secondary N) is 1. The van der Waals surface area contributed by atoms with Gasteiger partial charge in [-0.05, 0) is 0 Å². The van der Waals surface area contributed by atoms with E-state index in [0.717, 1.165) is 0 Å². The average molecular weight is 166 g/mol. The maximum absolute atomic E-state index is 10.6. The smallest absolute Gasteiger partial charge is 0.222 e. The Balaban J connectivity index is 2.96. The molecule has 60 valence electrons. The molecule has 1 N–H and O–H groups in total. The second-order valence-corrected chi connectivity index (χ2v) is 2.10. The van der Waals surface area contributed by atoms with Crippen molar-refractivity contribution in [3.63, 3.8) is 0 Å². The summed E-state index contributed by atoms with van der Waals surface area (Å²) in [4.78, 5) is 10.6. The number of ether oxygens (including phenoxy) is 1. The topological polar surface area (TPSA) is 38.3 Å². The first-order chi connectivity index (χ1) is 4.81. The number of halogens is 1. The minimum atomic E-state index is -0.00503. The zero-order valence-corrected chi connectivity index (χ0v) is 6.78. The standard InChI is InChI=1S/C6H12ClNO2/c1-8-6(9)2-4-10-5-3-7/h2-5H2,1H3,(H,8,9). The van der Waals surface area contributed by atoms with Crippen LogP contribution in [0.2, 0.25) is 0 Å². The highest BCUT2D eigenvalue weighted by molar-refractivity contribution is 6.17. The summed E-state index contributed by atoms with van der Waals surface area (Å²) >= 11 is 5.33. The minimum absolute atomic E-state index is 0.00503. The third-order valence-electron chi connectivity index (χ3n) is 0.974. The van der Waals surface area contributed by atoms with Gasteiger partial charge in [-0.3, -0.25) is 4.79 Å². The van der Waals surface area contributed by atoms with E-state index in [-0.39, 0.29) is 5.91 Å². The van der Waals surface area contributed by atoms with Crippen LogP contribution in [0.5, 0.6) is 0 Å². The Hall–Kier alpha value is -0.280. The Morgan fingerprint density at radius 1 is 1.60 bits per heavy atom. The largest absolute Gasteiger partial charge is 0.380 e. The Bertz CT molecular complexity index is 97.7. The van der Waals surface area contributed by atoms with E-state index in [0.29, 0.717) is 25.5 Å². The van der Waals surface area contributed by atoms with E-state index < -0.39 is 0 Å². The molecule has 1 amide bonds. The molecule has 0 aromatic heterocycles. The van der Waals surface area contributed by atoms with Gasteiger partial charge >= 0.3 is 0 Å². The van der Waals surface area contributed by atoms with E-state index in [2.05, 4.69) is 5.32 Å². The molecule has 0 aliphatic heterocycles. The van der Waals surface area contributed by atoms with Crippen molar-refractivity contribution >= 4 is 17.5 Å². The zero-order valence-electron chi connectivity index (χ0n) is 6.02. The molecule has 0 aromatic rings. The van der Waals surface area contributed by atoms with Crippen molar-refractivity contribution < 1.29 is 9.53 Å². The van der Waals surface area contributed by atoms with E-state index in [1.165, 1.54) is 0 Å². The molecule has 0 saturated heterocycles. The van der Waals surface area contributed by atoms with Gasteiger partial charge in [-0.15, -0.1) is 11.6 Å². The van der Waals surface area contributed by atoms with E-state index in [1.54, 1.807) is 7.05 Å². The molecule has 0 atom stereocenters. The summed E-state index contributed by atoms with van der Waals surface area (Å²) in [7, 11) is 1.60. The first-order valence-electron chi connectivity index (χ1n) is 3.15. The first kappa shape index (κ1) is 9.72. The predicted molar refractivity (Wildman–Crippen MR) is 40.2 cm³/mol. The van der Waals surface area contributed by atoms with Gasteiger partial charge in [0.25, 0.3) is 0 Å². The van der Waals surface area contributed by atoms with Crippen LogP contribution in [0.1, 0.15) is 6.42 Å². The highest BCUT2D eigenvalue weighted by Crippen LogP contribution is 1.83. The summed E-state index contributed by atoms with van der Waals surface area (Å²) in [5.41, 5.74) is 0. The minimum Gasteiger partial charge on any atom is -0.380 e. The number of hydrogen-bond donors (Lipinski definition) is 1. The molecule has 0 heterocycles. The molecule has 4 heteroatoms. The van der Waals surface area contributed by atoms with Crippen LogP contribution >= 0.6 is 11.6 Å². The van der Waals surface area contributed by atoms with Gasteiger partial charge in [0, 0.05) is 19.3 Å². The molecule has 0 rings (SSSR count). The van der Waals surface area contributed by atoms with E-state index in [1.807, 2.05) is 0 Å². The number of carbonyl (C=O) groups is 1. The fraction of sp³-hybridized carbons (Fsp3) is 0.833. The van der Waals surface area contributed by atoms with E-state index >= 15 is 0 Å². The molecule has 0 aromatic carbocycles. The van der Waals surface area contributed by atoms with Crippen LogP contribution < -0.4 is 5.32 Å². The van der Waals surface area contributed by atoms with Crippen molar-refractivity contribution in [1.82, 2.24) is 5.32 Å². The summed E-state index contributed by atoms with van der Waals surface area (Å²) in [6.07, 6.45) is 0.410. The summed E-state index contributed by atoms with van der Waals surface area (Å²) in [5, 5.41) is 2.49. The molecule has 0 saturated carbocycles. The molecule has 10 heavy (non-hydrogen) atoms. The van der Waals surface area contributed by atoms with Gasteiger partial charge in [0.1, 0.15) is 0 Å².